The smallest absolute Gasteiger partial charge is 0.253 e. The lowest BCUT2D eigenvalue weighted by atomic mass is 10.1. The van der Waals surface area contributed by atoms with E-state index in [0.717, 1.165) is 41.4 Å². The summed E-state index contributed by atoms with van der Waals surface area (Å²) >= 11 is 5.89. The molecule has 12 nitrogen and oxygen atoms in total. The molecule has 1 saturated heterocycles. The number of hydrogen-bond acceptors (Lipinski definition) is 10. The minimum atomic E-state index is 0.00124. The largest absolute Gasteiger partial charge is 0.378 e. The number of benzene rings is 1. The van der Waals surface area contributed by atoms with Crippen molar-refractivity contribution in [2.45, 2.75) is 20.3 Å². The highest BCUT2D eigenvalue weighted by atomic mass is 32.1. The molecule has 1 fully saturated rings. The van der Waals surface area contributed by atoms with Crippen molar-refractivity contribution in [1.29, 1.82) is 0 Å². The summed E-state index contributed by atoms with van der Waals surface area (Å²) in [4.78, 5) is 39.8. The minimum Gasteiger partial charge on any atom is -0.378 e. The lowest BCUT2D eigenvalue weighted by Gasteiger charge is -2.28. The van der Waals surface area contributed by atoms with E-state index in [0.29, 0.717) is 69.0 Å². The van der Waals surface area contributed by atoms with Gasteiger partial charge in [0, 0.05) is 74.0 Å². The average molecular weight is 591 g/mol. The third-order valence-electron chi connectivity index (χ3n) is 7.62. The molecule has 2 aliphatic rings. The van der Waals surface area contributed by atoms with Crippen molar-refractivity contribution in [2.75, 3.05) is 86.9 Å². The first-order valence-electron chi connectivity index (χ1n) is 14.4. The van der Waals surface area contributed by atoms with Gasteiger partial charge in [0.15, 0.2) is 5.11 Å². The zero-order valence-electron chi connectivity index (χ0n) is 24.4. The Morgan fingerprint density at radius 2 is 1.86 bits per heavy atom. The maximum absolute atomic E-state index is 13.3. The maximum Gasteiger partial charge on any atom is 0.253 e. The summed E-state index contributed by atoms with van der Waals surface area (Å²) in [6.07, 6.45) is 4.09. The molecule has 3 aromatic rings. The summed E-state index contributed by atoms with van der Waals surface area (Å²) in [7, 11) is 2.06. The standard InChI is InChI=1S/C29H38N10O2S/c1-4-36(3)11-12-37(5-2)26(40)20-7-6-8-22(17-20)33-29(42)39-10-9-23-24(21-18-31-27(30)32-19-21)34-28(35-25(23)39)38-13-15-41-16-14-38/h6-8,17-19H,4-5,9-16H2,1-3H3,(H,33,42)(H2,30,31,32). The number of hydrogen-bond donors (Lipinski definition) is 2. The molecule has 0 saturated carbocycles. The summed E-state index contributed by atoms with van der Waals surface area (Å²) in [5.74, 6) is 1.57. The van der Waals surface area contributed by atoms with E-state index in [1.165, 1.54) is 0 Å². The number of ether oxygens (including phenoxy) is 1. The van der Waals surface area contributed by atoms with Crippen LogP contribution < -0.4 is 20.9 Å². The molecular formula is C29H38N10O2S. The number of carbonyl (C=O) groups is 1. The molecule has 0 atom stereocenters. The van der Waals surface area contributed by atoms with E-state index in [2.05, 4.69) is 39.1 Å². The molecule has 0 bridgehead atoms. The van der Waals surface area contributed by atoms with Gasteiger partial charge in [-0.1, -0.05) is 13.0 Å². The lowest BCUT2D eigenvalue weighted by molar-refractivity contribution is 0.0751. The van der Waals surface area contributed by atoms with Gasteiger partial charge < -0.3 is 35.4 Å². The second-order valence-electron chi connectivity index (χ2n) is 10.3. The fourth-order valence-corrected chi connectivity index (χ4v) is 5.30. The predicted octanol–water partition coefficient (Wildman–Crippen LogP) is 2.53. The van der Waals surface area contributed by atoms with Gasteiger partial charge in [-0.3, -0.25) is 4.79 Å². The number of carbonyl (C=O) groups excluding carboxylic acids is 1. The molecule has 1 amide bonds. The van der Waals surface area contributed by atoms with Crippen molar-refractivity contribution < 1.29 is 9.53 Å². The van der Waals surface area contributed by atoms with Crippen molar-refractivity contribution in [3.8, 4) is 11.3 Å². The van der Waals surface area contributed by atoms with E-state index in [4.69, 9.17) is 32.7 Å². The number of aromatic nitrogens is 4. The number of nitrogens with two attached hydrogens (primary N) is 1. The molecule has 1 aromatic carbocycles. The molecule has 3 N–H and O–H groups in total. The monoisotopic (exact) mass is 590 g/mol. The highest BCUT2D eigenvalue weighted by Gasteiger charge is 2.30. The molecule has 4 heterocycles. The number of likely N-dealkylation sites (N-methyl/N-ethyl adjacent to an activating group) is 2. The third-order valence-corrected chi connectivity index (χ3v) is 7.94. The van der Waals surface area contributed by atoms with Crippen LogP contribution in [0.25, 0.3) is 11.3 Å². The normalized spacial score (nSPS) is 14.7. The quantitative estimate of drug-likeness (QED) is 0.355. The summed E-state index contributed by atoms with van der Waals surface area (Å²) in [5.41, 5.74) is 9.63. The van der Waals surface area contributed by atoms with E-state index < -0.39 is 0 Å². The van der Waals surface area contributed by atoms with Crippen LogP contribution in [0.3, 0.4) is 0 Å². The fraction of sp³-hybridized carbons (Fsp3) is 0.448. The zero-order valence-corrected chi connectivity index (χ0v) is 25.2. The summed E-state index contributed by atoms with van der Waals surface area (Å²) in [6.45, 7) is 10.5. The van der Waals surface area contributed by atoms with E-state index in [1.54, 1.807) is 12.4 Å². The molecule has 222 valence electrons. The van der Waals surface area contributed by atoms with Crippen LogP contribution in [-0.2, 0) is 11.2 Å². The molecule has 0 unspecified atom stereocenters. The molecule has 0 spiro atoms. The van der Waals surface area contributed by atoms with Crippen LogP contribution in [0.4, 0.5) is 23.4 Å². The van der Waals surface area contributed by atoms with Crippen molar-refractivity contribution in [2.24, 2.45) is 0 Å². The molecule has 2 aromatic heterocycles. The molecule has 0 radical (unpaired) electrons. The number of morpholine rings is 1. The van der Waals surface area contributed by atoms with Gasteiger partial charge in [0.2, 0.25) is 11.9 Å². The Balaban J connectivity index is 1.39. The number of thiocarbonyl (C=S) groups is 1. The molecule has 0 aliphatic carbocycles. The van der Waals surface area contributed by atoms with Gasteiger partial charge in [0.05, 0.1) is 18.9 Å². The van der Waals surface area contributed by atoms with Gasteiger partial charge in [-0.15, -0.1) is 0 Å². The number of amides is 1. The Morgan fingerprint density at radius 3 is 2.57 bits per heavy atom. The fourth-order valence-electron chi connectivity index (χ4n) is 5.00. The second kappa shape index (κ2) is 13.4. The van der Waals surface area contributed by atoms with Crippen LogP contribution in [-0.4, -0.2) is 107 Å². The van der Waals surface area contributed by atoms with Gasteiger partial charge >= 0.3 is 0 Å². The number of nitrogens with zero attached hydrogens (tertiary/aromatic N) is 8. The number of nitrogen functional groups attached to an aromatic ring is 1. The summed E-state index contributed by atoms with van der Waals surface area (Å²) < 4.78 is 5.54. The van der Waals surface area contributed by atoms with E-state index in [1.807, 2.05) is 41.0 Å². The van der Waals surface area contributed by atoms with Crippen LogP contribution in [0.1, 0.15) is 29.8 Å². The second-order valence-corrected chi connectivity index (χ2v) is 10.7. The lowest BCUT2D eigenvalue weighted by Crippen LogP contribution is -2.38. The van der Waals surface area contributed by atoms with Crippen LogP contribution in [0.5, 0.6) is 0 Å². The Labute approximate surface area is 251 Å². The number of nitrogens with one attached hydrogen (secondary N) is 1. The molecule has 13 heteroatoms. The van der Waals surface area contributed by atoms with Gasteiger partial charge in [-0.2, -0.15) is 4.98 Å². The summed E-state index contributed by atoms with van der Waals surface area (Å²) in [5, 5.41) is 3.85. The first-order valence-corrected chi connectivity index (χ1v) is 14.8. The highest BCUT2D eigenvalue weighted by Crippen LogP contribution is 2.36. The number of anilines is 4. The van der Waals surface area contributed by atoms with Crippen LogP contribution in [0.15, 0.2) is 36.7 Å². The maximum atomic E-state index is 13.3. The first-order chi connectivity index (χ1) is 20.4. The number of fused-ring (bicyclic) bond motifs is 1. The van der Waals surface area contributed by atoms with E-state index >= 15 is 0 Å². The third kappa shape index (κ3) is 6.58. The van der Waals surface area contributed by atoms with Crippen LogP contribution >= 0.6 is 12.2 Å². The van der Waals surface area contributed by atoms with Gasteiger partial charge in [0.25, 0.3) is 5.91 Å². The van der Waals surface area contributed by atoms with Gasteiger partial charge in [-0.05, 0) is 57.4 Å². The Kier molecular flexibility index (Phi) is 9.40. The zero-order chi connectivity index (χ0) is 29.6. The topological polar surface area (TPSA) is 129 Å². The van der Waals surface area contributed by atoms with Gasteiger partial charge in [-0.25, -0.2) is 15.0 Å². The Morgan fingerprint density at radius 1 is 1.10 bits per heavy atom. The Hall–Kier alpha value is -3.94. The van der Waals surface area contributed by atoms with Crippen molar-refractivity contribution >= 4 is 46.6 Å². The minimum absolute atomic E-state index is 0.00124. The van der Waals surface area contributed by atoms with Crippen molar-refractivity contribution in [3.63, 3.8) is 0 Å². The molecule has 42 heavy (non-hydrogen) atoms. The van der Waals surface area contributed by atoms with Crippen molar-refractivity contribution in [3.05, 3.63) is 47.8 Å². The van der Waals surface area contributed by atoms with E-state index in [-0.39, 0.29) is 11.9 Å². The predicted molar refractivity (Wildman–Crippen MR) is 169 cm³/mol. The van der Waals surface area contributed by atoms with Crippen LogP contribution in [0, 0.1) is 0 Å². The molecule has 2 aliphatic heterocycles. The molecular weight excluding hydrogens is 552 g/mol. The first kappa shape index (κ1) is 29.5. The summed E-state index contributed by atoms with van der Waals surface area (Å²) in [6, 6.07) is 7.49. The van der Waals surface area contributed by atoms with E-state index in [9.17, 15) is 4.79 Å². The molecule has 5 rings (SSSR count). The van der Waals surface area contributed by atoms with Crippen molar-refractivity contribution in [1.82, 2.24) is 29.7 Å². The highest BCUT2D eigenvalue weighted by molar-refractivity contribution is 7.80. The average Bonchev–Trinajstić information content (AvgIpc) is 3.46. The number of rotatable bonds is 9. The van der Waals surface area contributed by atoms with Crippen LogP contribution in [0.2, 0.25) is 0 Å². The Bertz CT molecular complexity index is 1410. The SMILES string of the molecule is CCN(C)CCN(CC)C(=O)c1cccc(NC(=S)N2CCc3c(-c4cnc(N)nc4)nc(N4CCOCC4)nc32)c1. The van der Waals surface area contributed by atoms with Gasteiger partial charge in [0.1, 0.15) is 5.82 Å².